The number of fused-ring (bicyclic) bond motifs is 1. The van der Waals surface area contributed by atoms with Gasteiger partial charge in [-0.25, -0.2) is 12.8 Å². The molecule has 5 nitrogen and oxygen atoms in total. The Labute approximate surface area is 192 Å². The molecule has 0 aliphatic carbocycles. The third-order valence-electron chi connectivity index (χ3n) is 5.97. The molecule has 2 aromatic carbocycles. The number of aryl methyl sites for hydroxylation is 1. The Kier molecular flexibility index (Phi) is 6.32. The van der Waals surface area contributed by atoms with Crippen molar-refractivity contribution in [3.63, 3.8) is 0 Å². The van der Waals surface area contributed by atoms with Crippen LogP contribution in [0.25, 0.3) is 10.9 Å². The molecule has 8 heteroatoms. The molecule has 0 bridgehead atoms. The van der Waals surface area contributed by atoms with E-state index in [0.717, 1.165) is 32.4 Å². The highest BCUT2D eigenvalue weighted by atomic mass is 35.5. The van der Waals surface area contributed by atoms with E-state index in [-0.39, 0.29) is 20.2 Å². The van der Waals surface area contributed by atoms with Gasteiger partial charge in [-0.2, -0.15) is 0 Å². The van der Waals surface area contributed by atoms with E-state index in [2.05, 4.69) is 6.92 Å². The first-order valence-electron chi connectivity index (χ1n) is 10.8. The Morgan fingerprint density at radius 2 is 2.00 bits per heavy atom. The number of aromatic nitrogens is 1. The predicted octanol–water partition coefficient (Wildman–Crippen LogP) is 5.27. The van der Waals surface area contributed by atoms with Crippen molar-refractivity contribution in [2.45, 2.75) is 49.4 Å². The van der Waals surface area contributed by atoms with Gasteiger partial charge in [0.2, 0.25) is 15.3 Å². The van der Waals surface area contributed by atoms with Gasteiger partial charge >= 0.3 is 0 Å². The van der Waals surface area contributed by atoms with E-state index >= 15 is 4.39 Å². The molecule has 3 aromatic rings. The molecular formula is C24H26ClFN2O3S. The predicted molar refractivity (Wildman–Crippen MR) is 126 cm³/mol. The van der Waals surface area contributed by atoms with Crippen LogP contribution in [0.3, 0.4) is 0 Å². The molecule has 1 saturated heterocycles. The summed E-state index contributed by atoms with van der Waals surface area (Å²) in [6.45, 7) is 6.11. The van der Waals surface area contributed by atoms with E-state index in [1.807, 2.05) is 11.8 Å². The number of halogens is 2. The van der Waals surface area contributed by atoms with Crippen LogP contribution in [-0.4, -0.2) is 26.1 Å². The third-order valence-corrected chi connectivity index (χ3v) is 7.95. The maximum Gasteiger partial charge on any atom is 0.211 e. The zero-order valence-corrected chi connectivity index (χ0v) is 19.7. The van der Waals surface area contributed by atoms with Crippen LogP contribution in [0.4, 0.5) is 10.1 Å². The first-order chi connectivity index (χ1) is 15.2. The molecule has 1 aromatic heterocycles. The SMILES string of the molecule is CCCn1cc(S(=O)(=O)c2cccc(Cl)c2)c(=O)c2cc(F)c(N3CCC[C@H](C)C3)cc21. The summed E-state index contributed by atoms with van der Waals surface area (Å²) in [5.74, 6) is -0.0500. The Morgan fingerprint density at radius 3 is 2.69 bits per heavy atom. The zero-order valence-electron chi connectivity index (χ0n) is 18.1. The van der Waals surface area contributed by atoms with Crippen LogP contribution < -0.4 is 10.3 Å². The van der Waals surface area contributed by atoms with Gasteiger partial charge in [-0.05, 0) is 55.5 Å². The highest BCUT2D eigenvalue weighted by molar-refractivity contribution is 7.91. The zero-order chi connectivity index (χ0) is 23.0. The topological polar surface area (TPSA) is 59.4 Å². The summed E-state index contributed by atoms with van der Waals surface area (Å²) >= 11 is 5.97. The minimum atomic E-state index is -4.13. The highest BCUT2D eigenvalue weighted by Gasteiger charge is 2.26. The van der Waals surface area contributed by atoms with Gasteiger partial charge in [-0.1, -0.05) is 31.5 Å². The van der Waals surface area contributed by atoms with E-state index in [1.54, 1.807) is 16.7 Å². The van der Waals surface area contributed by atoms with Gasteiger partial charge in [0, 0.05) is 30.9 Å². The molecule has 0 spiro atoms. The van der Waals surface area contributed by atoms with Crippen molar-refractivity contribution in [2.24, 2.45) is 5.92 Å². The molecule has 170 valence electrons. The van der Waals surface area contributed by atoms with Crippen molar-refractivity contribution in [1.82, 2.24) is 4.57 Å². The summed E-state index contributed by atoms with van der Waals surface area (Å²) < 4.78 is 43.5. The van der Waals surface area contributed by atoms with E-state index in [9.17, 15) is 13.2 Å². The molecule has 0 unspecified atom stereocenters. The van der Waals surface area contributed by atoms with Crippen LogP contribution in [0.15, 0.2) is 57.2 Å². The highest BCUT2D eigenvalue weighted by Crippen LogP contribution is 2.30. The average molecular weight is 477 g/mol. The van der Waals surface area contributed by atoms with E-state index < -0.39 is 21.1 Å². The average Bonchev–Trinajstić information content (AvgIpc) is 2.75. The van der Waals surface area contributed by atoms with Crippen molar-refractivity contribution in [1.29, 1.82) is 0 Å². The van der Waals surface area contributed by atoms with Crippen molar-refractivity contribution in [3.05, 3.63) is 63.7 Å². The van der Waals surface area contributed by atoms with Gasteiger partial charge in [-0.3, -0.25) is 4.79 Å². The molecule has 1 aliphatic heterocycles. The van der Waals surface area contributed by atoms with Crippen LogP contribution in [0.2, 0.25) is 5.02 Å². The molecule has 0 N–H and O–H groups in total. The standard InChI is InChI=1S/C24H26ClFN2O3S/c1-3-9-27-15-23(32(30,31)18-8-4-7-17(25)11-18)24(29)19-12-20(26)22(13-21(19)27)28-10-5-6-16(2)14-28/h4,7-8,11-13,15-16H,3,5-6,9-10,14H2,1-2H3/t16-/m0/s1. The molecule has 0 amide bonds. The van der Waals surface area contributed by atoms with Crippen LogP contribution in [0.5, 0.6) is 0 Å². The van der Waals surface area contributed by atoms with Crippen molar-refractivity contribution in [2.75, 3.05) is 18.0 Å². The molecular weight excluding hydrogens is 451 g/mol. The lowest BCUT2D eigenvalue weighted by atomic mass is 9.99. The molecule has 2 heterocycles. The van der Waals surface area contributed by atoms with Crippen LogP contribution in [0.1, 0.15) is 33.1 Å². The first kappa shape index (κ1) is 22.8. The number of hydrogen-bond donors (Lipinski definition) is 0. The lowest BCUT2D eigenvalue weighted by Gasteiger charge is -2.33. The number of piperidine rings is 1. The Hall–Kier alpha value is -2.38. The van der Waals surface area contributed by atoms with Crippen LogP contribution in [-0.2, 0) is 16.4 Å². The fourth-order valence-corrected chi connectivity index (χ4v) is 6.07. The third kappa shape index (κ3) is 4.16. The summed E-state index contributed by atoms with van der Waals surface area (Å²) in [6, 6.07) is 8.67. The second kappa shape index (κ2) is 8.87. The second-order valence-corrected chi connectivity index (χ2v) is 10.8. The van der Waals surface area contributed by atoms with Crippen molar-refractivity contribution >= 4 is 38.0 Å². The van der Waals surface area contributed by atoms with Crippen LogP contribution in [0, 0.1) is 11.7 Å². The van der Waals surface area contributed by atoms with E-state index in [1.165, 1.54) is 30.5 Å². The van der Waals surface area contributed by atoms with Gasteiger partial charge in [0.05, 0.1) is 21.5 Å². The fourth-order valence-electron chi connectivity index (χ4n) is 4.40. The molecule has 0 radical (unpaired) electrons. The van der Waals surface area contributed by atoms with Crippen molar-refractivity contribution < 1.29 is 12.8 Å². The van der Waals surface area contributed by atoms with Gasteiger partial charge in [-0.15, -0.1) is 0 Å². The van der Waals surface area contributed by atoms with Gasteiger partial charge in [0.1, 0.15) is 10.7 Å². The van der Waals surface area contributed by atoms with Crippen molar-refractivity contribution in [3.8, 4) is 0 Å². The van der Waals surface area contributed by atoms with Gasteiger partial charge in [0.15, 0.2) is 0 Å². The number of rotatable bonds is 5. The Morgan fingerprint density at radius 1 is 1.22 bits per heavy atom. The van der Waals surface area contributed by atoms with E-state index in [0.29, 0.717) is 23.7 Å². The molecule has 1 fully saturated rings. The number of anilines is 1. The molecule has 32 heavy (non-hydrogen) atoms. The molecule has 4 rings (SSSR count). The summed E-state index contributed by atoms with van der Waals surface area (Å²) in [4.78, 5) is 14.8. The summed E-state index contributed by atoms with van der Waals surface area (Å²) in [7, 11) is -4.13. The molecule has 1 aliphatic rings. The minimum absolute atomic E-state index is 0.0628. The fraction of sp³-hybridized carbons (Fsp3) is 0.375. The Balaban J connectivity index is 1.93. The lowest BCUT2D eigenvalue weighted by molar-refractivity contribution is 0.442. The maximum atomic E-state index is 15.2. The summed E-state index contributed by atoms with van der Waals surface area (Å²) in [6.07, 6.45) is 4.20. The lowest BCUT2D eigenvalue weighted by Crippen LogP contribution is -2.35. The second-order valence-electron chi connectivity index (χ2n) is 8.49. The Bertz CT molecular complexity index is 1340. The van der Waals surface area contributed by atoms with Gasteiger partial charge < -0.3 is 9.47 Å². The summed E-state index contributed by atoms with van der Waals surface area (Å²) in [5.41, 5.74) is 0.292. The number of benzene rings is 2. The minimum Gasteiger partial charge on any atom is -0.369 e. The first-order valence-corrected chi connectivity index (χ1v) is 12.7. The number of sulfone groups is 1. The largest absolute Gasteiger partial charge is 0.369 e. The number of pyridine rings is 1. The molecule has 1 atom stereocenters. The maximum absolute atomic E-state index is 15.2. The number of nitrogens with zero attached hydrogens (tertiary/aromatic N) is 2. The smallest absolute Gasteiger partial charge is 0.211 e. The van der Waals surface area contributed by atoms with E-state index in [4.69, 9.17) is 11.6 Å². The quantitative estimate of drug-likeness (QED) is 0.503. The molecule has 0 saturated carbocycles. The van der Waals surface area contributed by atoms with Gasteiger partial charge in [0.25, 0.3) is 0 Å². The normalized spacial score (nSPS) is 17.1. The van der Waals surface area contributed by atoms with Crippen LogP contribution >= 0.6 is 11.6 Å². The summed E-state index contributed by atoms with van der Waals surface area (Å²) in [5, 5.41) is 0.319. The number of hydrogen-bond acceptors (Lipinski definition) is 4. The monoisotopic (exact) mass is 476 g/mol.